The Bertz CT molecular complexity index is 940. The molecular formula is C22H17F2NO2. The Hall–Kier alpha value is -3.47. The third kappa shape index (κ3) is 5.01. The van der Waals surface area contributed by atoms with E-state index in [0.29, 0.717) is 11.3 Å². The van der Waals surface area contributed by atoms with Crippen LogP contribution in [-0.4, -0.2) is 12.5 Å². The van der Waals surface area contributed by atoms with Crippen LogP contribution in [0.2, 0.25) is 0 Å². The number of rotatable bonds is 6. The molecule has 0 aliphatic carbocycles. The summed E-state index contributed by atoms with van der Waals surface area (Å²) in [6, 6.07) is 23.4. The Balaban J connectivity index is 1.77. The molecule has 0 unspecified atom stereocenters. The Morgan fingerprint density at radius 2 is 1.56 bits per heavy atom. The lowest BCUT2D eigenvalue weighted by molar-refractivity contribution is -0.111. The lowest BCUT2D eigenvalue weighted by Crippen LogP contribution is -2.09. The van der Waals surface area contributed by atoms with Crippen LogP contribution in [0.1, 0.15) is 5.56 Å². The zero-order valence-corrected chi connectivity index (χ0v) is 14.3. The van der Waals surface area contributed by atoms with Gasteiger partial charge in [0.15, 0.2) is 0 Å². The topological polar surface area (TPSA) is 38.3 Å². The van der Waals surface area contributed by atoms with E-state index in [-0.39, 0.29) is 11.7 Å². The highest BCUT2D eigenvalue weighted by Gasteiger charge is 2.09. The molecule has 0 atom stereocenters. The zero-order chi connectivity index (χ0) is 19.1. The quantitative estimate of drug-likeness (QED) is 0.577. The van der Waals surface area contributed by atoms with Gasteiger partial charge in [-0.25, -0.2) is 0 Å². The van der Waals surface area contributed by atoms with Gasteiger partial charge >= 0.3 is 6.61 Å². The maximum Gasteiger partial charge on any atom is 0.387 e. The van der Waals surface area contributed by atoms with Crippen molar-refractivity contribution in [2.75, 3.05) is 5.32 Å². The maximum absolute atomic E-state index is 12.5. The van der Waals surface area contributed by atoms with E-state index in [1.54, 1.807) is 18.2 Å². The second kappa shape index (κ2) is 8.76. The van der Waals surface area contributed by atoms with E-state index >= 15 is 0 Å². The summed E-state index contributed by atoms with van der Waals surface area (Å²) in [4.78, 5) is 12.3. The summed E-state index contributed by atoms with van der Waals surface area (Å²) in [6.07, 6.45) is 2.73. The highest BCUT2D eigenvalue weighted by molar-refractivity contribution is 6.04. The molecular weight excluding hydrogens is 348 g/mol. The highest BCUT2D eigenvalue weighted by atomic mass is 19.3. The van der Waals surface area contributed by atoms with Crippen LogP contribution in [-0.2, 0) is 4.79 Å². The maximum atomic E-state index is 12.5. The number of hydrogen-bond acceptors (Lipinski definition) is 2. The molecule has 3 nitrogen and oxygen atoms in total. The molecule has 0 aromatic heterocycles. The lowest BCUT2D eigenvalue weighted by Gasteiger charge is -2.10. The molecule has 0 bridgehead atoms. The number of nitrogens with one attached hydrogen (secondary N) is 1. The molecule has 1 N–H and O–H groups in total. The molecule has 0 aliphatic heterocycles. The largest absolute Gasteiger partial charge is 0.434 e. The third-order valence-electron chi connectivity index (χ3n) is 3.82. The molecule has 3 aromatic carbocycles. The fourth-order valence-electron chi connectivity index (χ4n) is 2.62. The van der Waals surface area contributed by atoms with E-state index in [9.17, 15) is 13.6 Å². The van der Waals surface area contributed by atoms with E-state index in [0.717, 1.165) is 11.1 Å². The first-order chi connectivity index (χ1) is 13.1. The molecule has 5 heteroatoms. The molecule has 0 spiro atoms. The SMILES string of the molecule is O=C(/C=C/c1ccccc1OC(F)F)Nc1ccccc1-c1ccccc1. The van der Waals surface area contributed by atoms with Crippen molar-refractivity contribution >= 4 is 17.7 Å². The van der Waals surface area contributed by atoms with Gasteiger partial charge in [0.2, 0.25) is 5.91 Å². The van der Waals surface area contributed by atoms with Crippen LogP contribution in [0.15, 0.2) is 84.9 Å². The number of anilines is 1. The minimum atomic E-state index is -2.92. The van der Waals surface area contributed by atoms with Crippen molar-refractivity contribution in [2.45, 2.75) is 6.61 Å². The second-order valence-electron chi connectivity index (χ2n) is 5.65. The van der Waals surface area contributed by atoms with Gasteiger partial charge in [0, 0.05) is 22.9 Å². The van der Waals surface area contributed by atoms with Crippen molar-refractivity contribution in [1.82, 2.24) is 0 Å². The molecule has 27 heavy (non-hydrogen) atoms. The Kier molecular flexibility index (Phi) is 5.94. The summed E-state index contributed by atoms with van der Waals surface area (Å²) in [7, 11) is 0. The summed E-state index contributed by atoms with van der Waals surface area (Å²) in [5.41, 5.74) is 2.93. The van der Waals surface area contributed by atoms with E-state index in [2.05, 4.69) is 10.1 Å². The van der Waals surface area contributed by atoms with Gasteiger partial charge in [-0.3, -0.25) is 4.79 Å². The van der Waals surface area contributed by atoms with Gasteiger partial charge in [-0.15, -0.1) is 0 Å². The molecule has 1 amide bonds. The number of hydrogen-bond donors (Lipinski definition) is 1. The van der Waals surface area contributed by atoms with Crippen molar-refractivity contribution in [2.24, 2.45) is 0 Å². The first-order valence-corrected chi connectivity index (χ1v) is 8.31. The number of carbonyl (C=O) groups excluding carboxylic acids is 1. The van der Waals surface area contributed by atoms with Crippen LogP contribution in [0.25, 0.3) is 17.2 Å². The smallest absolute Gasteiger partial charge is 0.387 e. The number of para-hydroxylation sites is 2. The minimum Gasteiger partial charge on any atom is -0.434 e. The van der Waals surface area contributed by atoms with Crippen LogP contribution >= 0.6 is 0 Å². The molecule has 0 saturated heterocycles. The van der Waals surface area contributed by atoms with Gasteiger partial charge in [0.05, 0.1) is 0 Å². The van der Waals surface area contributed by atoms with Gasteiger partial charge < -0.3 is 10.1 Å². The Labute approximate surface area is 155 Å². The zero-order valence-electron chi connectivity index (χ0n) is 14.3. The van der Waals surface area contributed by atoms with Crippen molar-refractivity contribution in [3.05, 3.63) is 90.5 Å². The molecule has 0 fully saturated rings. The summed E-state index contributed by atoms with van der Waals surface area (Å²) < 4.78 is 29.4. The summed E-state index contributed by atoms with van der Waals surface area (Å²) >= 11 is 0. The summed E-state index contributed by atoms with van der Waals surface area (Å²) in [5.74, 6) is -0.355. The van der Waals surface area contributed by atoms with Crippen molar-refractivity contribution in [3.8, 4) is 16.9 Å². The van der Waals surface area contributed by atoms with Gasteiger partial charge in [-0.05, 0) is 23.8 Å². The van der Waals surface area contributed by atoms with Crippen LogP contribution in [0.4, 0.5) is 14.5 Å². The number of benzene rings is 3. The van der Waals surface area contributed by atoms with Gasteiger partial charge in [0.1, 0.15) is 5.75 Å². The highest BCUT2D eigenvalue weighted by Crippen LogP contribution is 2.27. The fraction of sp³-hybridized carbons (Fsp3) is 0.0455. The number of alkyl halides is 2. The monoisotopic (exact) mass is 365 g/mol. The average molecular weight is 365 g/mol. The Morgan fingerprint density at radius 3 is 2.33 bits per heavy atom. The number of amides is 1. The molecule has 0 radical (unpaired) electrons. The van der Waals surface area contributed by atoms with E-state index < -0.39 is 6.61 Å². The standard InChI is InChI=1S/C22H17F2NO2/c23-22(24)27-20-13-7-4-10-17(20)14-15-21(26)25-19-12-6-5-11-18(19)16-8-2-1-3-9-16/h1-15,22H,(H,25,26)/b15-14+. The van der Waals surface area contributed by atoms with E-state index in [4.69, 9.17) is 0 Å². The van der Waals surface area contributed by atoms with E-state index in [1.165, 1.54) is 18.2 Å². The molecule has 0 aliphatic rings. The Morgan fingerprint density at radius 1 is 0.889 bits per heavy atom. The number of halogens is 2. The normalized spacial score (nSPS) is 10.9. The van der Waals surface area contributed by atoms with Gasteiger partial charge in [-0.2, -0.15) is 8.78 Å². The first kappa shape index (κ1) is 18.3. The van der Waals surface area contributed by atoms with Crippen molar-refractivity contribution in [3.63, 3.8) is 0 Å². The molecule has 0 heterocycles. The predicted molar refractivity (Wildman–Crippen MR) is 103 cm³/mol. The fourth-order valence-corrected chi connectivity index (χ4v) is 2.62. The van der Waals surface area contributed by atoms with E-state index in [1.807, 2.05) is 54.6 Å². The van der Waals surface area contributed by atoms with Crippen molar-refractivity contribution < 1.29 is 18.3 Å². The van der Waals surface area contributed by atoms with Crippen LogP contribution < -0.4 is 10.1 Å². The van der Waals surface area contributed by atoms with Crippen LogP contribution in [0, 0.1) is 0 Å². The second-order valence-corrected chi connectivity index (χ2v) is 5.65. The average Bonchev–Trinajstić information content (AvgIpc) is 2.68. The van der Waals surface area contributed by atoms with Crippen LogP contribution in [0.5, 0.6) is 5.75 Å². The number of ether oxygens (including phenoxy) is 1. The summed E-state index contributed by atoms with van der Waals surface area (Å²) in [6.45, 7) is -2.92. The molecule has 3 aromatic rings. The van der Waals surface area contributed by atoms with Gasteiger partial charge in [-0.1, -0.05) is 66.7 Å². The van der Waals surface area contributed by atoms with Crippen molar-refractivity contribution in [1.29, 1.82) is 0 Å². The molecule has 136 valence electrons. The van der Waals surface area contributed by atoms with Crippen LogP contribution in [0.3, 0.4) is 0 Å². The minimum absolute atomic E-state index is 0.0150. The molecule has 0 saturated carbocycles. The lowest BCUT2D eigenvalue weighted by atomic mass is 10.0. The molecule has 3 rings (SSSR count). The summed E-state index contributed by atoms with van der Waals surface area (Å²) in [5, 5.41) is 2.82. The predicted octanol–water partition coefficient (Wildman–Crippen LogP) is 5.61. The third-order valence-corrected chi connectivity index (χ3v) is 3.82. The van der Waals surface area contributed by atoms with Gasteiger partial charge in [0.25, 0.3) is 0 Å². The number of carbonyl (C=O) groups is 1. The first-order valence-electron chi connectivity index (χ1n) is 8.31.